The van der Waals surface area contributed by atoms with Gasteiger partial charge in [-0.15, -0.1) is 0 Å². The number of rotatable bonds is 7. The zero-order valence-corrected chi connectivity index (χ0v) is 16.4. The minimum absolute atomic E-state index is 0.116. The molecule has 0 aromatic heterocycles. The molecule has 0 bridgehead atoms. The van der Waals surface area contributed by atoms with E-state index in [2.05, 4.69) is 16.0 Å². The molecule has 3 rings (SSSR count). The normalized spacial score (nSPS) is 15.9. The van der Waals surface area contributed by atoms with Crippen LogP contribution in [0.2, 0.25) is 0 Å². The number of anilines is 2. The van der Waals surface area contributed by atoms with E-state index in [1.165, 1.54) is 0 Å². The van der Waals surface area contributed by atoms with Crippen LogP contribution in [0.4, 0.5) is 11.4 Å². The predicted octanol–water partition coefficient (Wildman–Crippen LogP) is 3.26. The Morgan fingerprint density at radius 3 is 2.57 bits per heavy atom. The Kier molecular flexibility index (Phi) is 6.66. The fourth-order valence-electron chi connectivity index (χ4n) is 3.18. The summed E-state index contributed by atoms with van der Waals surface area (Å²) in [5, 5.41) is 8.88. The second-order valence-corrected chi connectivity index (χ2v) is 7.14. The molecule has 1 heterocycles. The standard InChI is InChI=1S/C22H27N3O3/c1-15-5-10-20(16(2)12-15)25-21(26)14-23-18-8-6-17(7-9-18)22(27)24-13-19-4-3-11-28-19/h5-10,12,19,23H,3-4,11,13-14H2,1-2H3,(H,24,27)(H,25,26). The van der Waals surface area contributed by atoms with Crippen LogP contribution in [0.5, 0.6) is 0 Å². The highest BCUT2D eigenvalue weighted by molar-refractivity contribution is 5.95. The summed E-state index contributed by atoms with van der Waals surface area (Å²) in [4.78, 5) is 24.3. The van der Waals surface area contributed by atoms with Crippen LogP contribution in [0.15, 0.2) is 42.5 Å². The summed E-state index contributed by atoms with van der Waals surface area (Å²) in [6.45, 7) is 5.46. The number of benzene rings is 2. The molecule has 3 N–H and O–H groups in total. The Morgan fingerprint density at radius 2 is 1.89 bits per heavy atom. The Balaban J connectivity index is 1.45. The highest BCUT2D eigenvalue weighted by atomic mass is 16.5. The van der Waals surface area contributed by atoms with Crippen LogP contribution in [0.3, 0.4) is 0 Å². The number of amides is 2. The van der Waals surface area contributed by atoms with Crippen molar-refractivity contribution in [2.75, 3.05) is 30.3 Å². The van der Waals surface area contributed by atoms with Gasteiger partial charge in [-0.05, 0) is 62.6 Å². The number of hydrogen-bond donors (Lipinski definition) is 3. The molecule has 28 heavy (non-hydrogen) atoms. The molecule has 0 saturated carbocycles. The van der Waals surface area contributed by atoms with Crippen molar-refractivity contribution in [1.82, 2.24) is 5.32 Å². The van der Waals surface area contributed by atoms with E-state index < -0.39 is 0 Å². The molecular formula is C22H27N3O3. The summed E-state index contributed by atoms with van der Waals surface area (Å²) < 4.78 is 5.51. The monoisotopic (exact) mass is 381 g/mol. The summed E-state index contributed by atoms with van der Waals surface area (Å²) >= 11 is 0. The molecular weight excluding hydrogens is 354 g/mol. The molecule has 148 valence electrons. The second-order valence-electron chi connectivity index (χ2n) is 7.14. The molecule has 1 saturated heterocycles. The van der Waals surface area contributed by atoms with E-state index in [4.69, 9.17) is 4.74 Å². The average molecular weight is 381 g/mol. The minimum Gasteiger partial charge on any atom is -0.376 e. The lowest BCUT2D eigenvalue weighted by Crippen LogP contribution is -2.31. The number of nitrogens with one attached hydrogen (secondary N) is 3. The third-order valence-corrected chi connectivity index (χ3v) is 4.77. The summed E-state index contributed by atoms with van der Waals surface area (Å²) in [6, 6.07) is 13.0. The van der Waals surface area contributed by atoms with Gasteiger partial charge in [0.05, 0.1) is 12.6 Å². The highest BCUT2D eigenvalue weighted by Gasteiger charge is 2.16. The summed E-state index contributed by atoms with van der Waals surface area (Å²) in [5.41, 5.74) is 4.38. The van der Waals surface area contributed by atoms with E-state index in [1.807, 2.05) is 32.0 Å². The third kappa shape index (κ3) is 5.57. The first kappa shape index (κ1) is 19.9. The number of aryl methyl sites for hydroxylation is 2. The van der Waals surface area contributed by atoms with Gasteiger partial charge in [0.25, 0.3) is 5.91 Å². The molecule has 6 heteroatoms. The van der Waals surface area contributed by atoms with Crippen LogP contribution in [0.25, 0.3) is 0 Å². The van der Waals surface area contributed by atoms with E-state index >= 15 is 0 Å². The Morgan fingerprint density at radius 1 is 1.11 bits per heavy atom. The molecule has 2 amide bonds. The van der Waals surface area contributed by atoms with Crippen LogP contribution >= 0.6 is 0 Å². The molecule has 1 aliphatic heterocycles. The van der Waals surface area contributed by atoms with Gasteiger partial charge in [0, 0.05) is 30.1 Å². The summed E-state index contributed by atoms with van der Waals surface area (Å²) in [5.74, 6) is -0.236. The van der Waals surface area contributed by atoms with Crippen LogP contribution < -0.4 is 16.0 Å². The number of carbonyl (C=O) groups is 2. The molecule has 1 atom stereocenters. The zero-order valence-electron chi connectivity index (χ0n) is 16.4. The van der Waals surface area contributed by atoms with Crippen LogP contribution in [0.1, 0.15) is 34.3 Å². The fourth-order valence-corrected chi connectivity index (χ4v) is 3.18. The van der Waals surface area contributed by atoms with Crippen molar-refractivity contribution < 1.29 is 14.3 Å². The number of ether oxygens (including phenoxy) is 1. The lowest BCUT2D eigenvalue weighted by molar-refractivity contribution is -0.114. The molecule has 0 spiro atoms. The number of carbonyl (C=O) groups excluding carboxylic acids is 2. The van der Waals surface area contributed by atoms with Crippen molar-refractivity contribution in [3.8, 4) is 0 Å². The topological polar surface area (TPSA) is 79.5 Å². The largest absolute Gasteiger partial charge is 0.376 e. The molecule has 2 aromatic rings. The van der Waals surface area contributed by atoms with E-state index in [9.17, 15) is 9.59 Å². The molecule has 6 nitrogen and oxygen atoms in total. The lowest BCUT2D eigenvalue weighted by atomic mass is 10.1. The molecule has 0 radical (unpaired) electrons. The van der Waals surface area contributed by atoms with Crippen molar-refractivity contribution in [3.63, 3.8) is 0 Å². The Bertz CT molecular complexity index is 827. The second kappa shape index (κ2) is 9.37. The average Bonchev–Trinajstić information content (AvgIpc) is 3.21. The fraction of sp³-hybridized carbons (Fsp3) is 0.364. The smallest absolute Gasteiger partial charge is 0.251 e. The van der Waals surface area contributed by atoms with Gasteiger partial charge in [-0.25, -0.2) is 0 Å². The minimum atomic E-state index is -0.120. The predicted molar refractivity (Wildman–Crippen MR) is 111 cm³/mol. The Labute approximate surface area is 165 Å². The van der Waals surface area contributed by atoms with Crippen molar-refractivity contribution >= 4 is 23.2 Å². The third-order valence-electron chi connectivity index (χ3n) is 4.77. The molecule has 1 fully saturated rings. The van der Waals surface area contributed by atoms with Gasteiger partial charge >= 0.3 is 0 Å². The molecule has 1 unspecified atom stereocenters. The maximum absolute atomic E-state index is 12.2. The first-order chi connectivity index (χ1) is 13.5. The van der Waals surface area contributed by atoms with Gasteiger partial charge in [0.15, 0.2) is 0 Å². The van der Waals surface area contributed by atoms with Gasteiger partial charge in [0.1, 0.15) is 0 Å². The van der Waals surface area contributed by atoms with Gasteiger partial charge in [-0.2, -0.15) is 0 Å². The lowest BCUT2D eigenvalue weighted by Gasteiger charge is -2.12. The van der Waals surface area contributed by atoms with Crippen LogP contribution in [-0.2, 0) is 9.53 Å². The van der Waals surface area contributed by atoms with Gasteiger partial charge < -0.3 is 20.7 Å². The first-order valence-corrected chi connectivity index (χ1v) is 9.62. The zero-order chi connectivity index (χ0) is 19.9. The van der Waals surface area contributed by atoms with Gasteiger partial charge in [-0.3, -0.25) is 9.59 Å². The van der Waals surface area contributed by atoms with Crippen molar-refractivity contribution in [2.24, 2.45) is 0 Å². The Hall–Kier alpha value is -2.86. The number of hydrogen-bond acceptors (Lipinski definition) is 4. The van der Waals surface area contributed by atoms with E-state index in [0.29, 0.717) is 12.1 Å². The molecule has 2 aromatic carbocycles. The quantitative estimate of drug-likeness (QED) is 0.688. The van der Waals surface area contributed by atoms with Crippen LogP contribution in [0, 0.1) is 13.8 Å². The SMILES string of the molecule is Cc1ccc(NC(=O)CNc2ccc(C(=O)NCC3CCCO3)cc2)c(C)c1. The van der Waals surface area contributed by atoms with Crippen molar-refractivity contribution in [3.05, 3.63) is 59.2 Å². The highest BCUT2D eigenvalue weighted by Crippen LogP contribution is 2.16. The van der Waals surface area contributed by atoms with Crippen molar-refractivity contribution in [1.29, 1.82) is 0 Å². The van der Waals surface area contributed by atoms with E-state index in [0.717, 1.165) is 42.0 Å². The summed E-state index contributed by atoms with van der Waals surface area (Å²) in [6.07, 6.45) is 2.17. The maximum atomic E-state index is 12.2. The van der Waals surface area contributed by atoms with Crippen molar-refractivity contribution in [2.45, 2.75) is 32.8 Å². The van der Waals surface area contributed by atoms with Gasteiger partial charge in [-0.1, -0.05) is 17.7 Å². The molecule has 0 aliphatic carbocycles. The first-order valence-electron chi connectivity index (χ1n) is 9.62. The maximum Gasteiger partial charge on any atom is 0.251 e. The van der Waals surface area contributed by atoms with Crippen LogP contribution in [-0.4, -0.2) is 37.6 Å². The van der Waals surface area contributed by atoms with Gasteiger partial charge in [0.2, 0.25) is 5.91 Å². The van der Waals surface area contributed by atoms with E-state index in [1.54, 1.807) is 24.3 Å². The summed E-state index contributed by atoms with van der Waals surface area (Å²) in [7, 11) is 0. The van der Waals surface area contributed by atoms with E-state index in [-0.39, 0.29) is 24.5 Å². The molecule has 1 aliphatic rings.